The van der Waals surface area contributed by atoms with Gasteiger partial charge >= 0.3 is 5.97 Å². The summed E-state index contributed by atoms with van der Waals surface area (Å²) in [7, 11) is 4.87. The van der Waals surface area contributed by atoms with Crippen molar-refractivity contribution >= 4 is 23.2 Å². The standard InChI is InChI=1S/C31H35NO12/c1-32(2)19-10-15(9-16(33)8-14-4-6-17(44-3)7-5-14)24(35)21-18(19)11-29(41)13-30(42)12-20(34)22(28(39)40)26(37)31(30,43)27(38)23(29)25(21)36/h4,6-7,10,14,25,35-38,41-43H,5,8-9,11-13H2,1-3H3,(H,39,40)/t14?,25?,29-,30+,31-/m1/s1. The fourth-order valence-corrected chi connectivity index (χ4v) is 7.04. The van der Waals surface area contributed by atoms with Crippen LogP contribution in [-0.4, -0.2) is 96.4 Å². The van der Waals surface area contributed by atoms with E-state index in [0.29, 0.717) is 17.9 Å². The number of allylic oxidation sites excluding steroid dienone is 3. The highest BCUT2D eigenvalue weighted by molar-refractivity contribution is 6.18. The maximum Gasteiger partial charge on any atom is 0.342 e. The van der Waals surface area contributed by atoms with Gasteiger partial charge in [-0.3, -0.25) is 9.59 Å². The summed E-state index contributed by atoms with van der Waals surface area (Å²) in [6.45, 7) is 0. The second kappa shape index (κ2) is 10.5. The molecule has 0 spiro atoms. The average Bonchev–Trinajstić information content (AvgIpc) is 2.92. The molecule has 0 heterocycles. The van der Waals surface area contributed by atoms with Crippen molar-refractivity contribution in [2.24, 2.45) is 5.92 Å². The van der Waals surface area contributed by atoms with Crippen LogP contribution in [0.2, 0.25) is 0 Å². The molecule has 0 saturated heterocycles. The summed E-state index contributed by atoms with van der Waals surface area (Å²) in [4.78, 5) is 39.0. The molecule has 8 N–H and O–H groups in total. The molecule has 13 heteroatoms. The fraction of sp³-hybridized carbons (Fsp3) is 0.452. The zero-order valence-corrected chi connectivity index (χ0v) is 24.4. The van der Waals surface area contributed by atoms with Crippen molar-refractivity contribution in [3.8, 4) is 5.75 Å². The van der Waals surface area contributed by atoms with E-state index in [4.69, 9.17) is 4.74 Å². The summed E-state index contributed by atoms with van der Waals surface area (Å²) in [6, 6.07) is 1.54. The van der Waals surface area contributed by atoms with E-state index in [9.17, 15) is 55.2 Å². The van der Waals surface area contributed by atoms with Gasteiger partial charge in [0, 0.05) is 68.6 Å². The van der Waals surface area contributed by atoms with Crippen LogP contribution < -0.4 is 4.90 Å². The van der Waals surface area contributed by atoms with Crippen LogP contribution >= 0.6 is 0 Å². The molecule has 0 bridgehead atoms. The number of ether oxygens (including phenoxy) is 1. The molecular formula is C31H35NO12. The number of fused-ring (bicyclic) bond motifs is 3. The van der Waals surface area contributed by atoms with Crippen molar-refractivity contribution in [2.45, 2.75) is 61.4 Å². The maximum absolute atomic E-state index is 13.1. The Morgan fingerprint density at radius 3 is 2.34 bits per heavy atom. The van der Waals surface area contributed by atoms with E-state index in [0.717, 1.165) is 0 Å². The van der Waals surface area contributed by atoms with Crippen LogP contribution in [0.5, 0.6) is 5.75 Å². The lowest BCUT2D eigenvalue weighted by atomic mass is 9.56. The van der Waals surface area contributed by atoms with Gasteiger partial charge in [0.1, 0.15) is 40.3 Å². The molecule has 0 radical (unpaired) electrons. The van der Waals surface area contributed by atoms with Crippen molar-refractivity contribution in [2.75, 3.05) is 26.1 Å². The van der Waals surface area contributed by atoms with Crippen LogP contribution in [0.1, 0.15) is 48.5 Å². The van der Waals surface area contributed by atoms with Crippen LogP contribution in [0, 0.1) is 5.92 Å². The van der Waals surface area contributed by atoms with E-state index in [1.165, 1.54) is 0 Å². The molecule has 0 fully saturated rings. The quantitative estimate of drug-likeness (QED) is 0.201. The largest absolute Gasteiger partial charge is 0.508 e. The Kier molecular flexibility index (Phi) is 7.44. The van der Waals surface area contributed by atoms with Gasteiger partial charge in [0.15, 0.2) is 11.5 Å². The van der Waals surface area contributed by atoms with Gasteiger partial charge in [0.2, 0.25) is 5.60 Å². The number of rotatable bonds is 7. The van der Waals surface area contributed by atoms with E-state index >= 15 is 0 Å². The van der Waals surface area contributed by atoms with Crippen molar-refractivity contribution < 1.29 is 60.0 Å². The number of aliphatic hydroxyl groups is 6. The molecule has 236 valence electrons. The molecule has 0 saturated carbocycles. The molecule has 44 heavy (non-hydrogen) atoms. The van der Waals surface area contributed by atoms with Gasteiger partial charge in [-0.15, -0.1) is 0 Å². The maximum atomic E-state index is 13.1. The number of methoxy groups -OCH3 is 1. The van der Waals surface area contributed by atoms with Gasteiger partial charge in [-0.2, -0.15) is 0 Å². The number of phenols is 1. The summed E-state index contributed by atoms with van der Waals surface area (Å²) in [5, 5.41) is 89.3. The third kappa shape index (κ3) is 4.50. The van der Waals surface area contributed by atoms with Crippen molar-refractivity contribution in [1.29, 1.82) is 0 Å². The zero-order chi connectivity index (χ0) is 32.5. The Balaban J connectivity index is 1.60. The van der Waals surface area contributed by atoms with Gasteiger partial charge in [0.25, 0.3) is 0 Å². The summed E-state index contributed by atoms with van der Waals surface area (Å²) in [5.41, 5.74) is -9.71. The second-order valence-electron chi connectivity index (χ2n) is 12.2. The third-order valence-corrected chi connectivity index (χ3v) is 9.15. The molecular weight excluding hydrogens is 578 g/mol. The van der Waals surface area contributed by atoms with Gasteiger partial charge < -0.3 is 50.5 Å². The minimum Gasteiger partial charge on any atom is -0.508 e. The number of aliphatic hydroxyl groups excluding tert-OH is 3. The number of carbonyl (C=O) groups is 3. The Hall–Kier alpha value is -4.17. The SMILES string of the molecule is COC1=CCC(CC(=O)Cc2cc(N(C)C)c3c(c2O)C(O)C2=C(O)[C@]4(O)C(O)=C(C(=O)O)C(=O)C[C@]4(O)C[C@]2(O)C3)C=C1. The van der Waals surface area contributed by atoms with E-state index in [1.54, 1.807) is 38.2 Å². The minimum absolute atomic E-state index is 0.0854. The Morgan fingerprint density at radius 1 is 1.09 bits per heavy atom. The first kappa shape index (κ1) is 31.3. The molecule has 0 aliphatic heterocycles. The summed E-state index contributed by atoms with van der Waals surface area (Å²) in [5.74, 6) is -6.15. The summed E-state index contributed by atoms with van der Waals surface area (Å²) < 4.78 is 5.18. The van der Waals surface area contributed by atoms with Crippen LogP contribution in [0.15, 0.2) is 52.7 Å². The smallest absolute Gasteiger partial charge is 0.342 e. The van der Waals surface area contributed by atoms with Crippen molar-refractivity contribution in [3.63, 3.8) is 0 Å². The van der Waals surface area contributed by atoms with Crippen LogP contribution in [0.4, 0.5) is 5.69 Å². The first-order chi connectivity index (χ1) is 20.5. The van der Waals surface area contributed by atoms with Gasteiger partial charge in [-0.05, 0) is 36.1 Å². The molecule has 5 atom stereocenters. The molecule has 4 aliphatic rings. The lowest BCUT2D eigenvalue weighted by molar-refractivity contribution is -0.196. The third-order valence-electron chi connectivity index (χ3n) is 9.15. The van der Waals surface area contributed by atoms with E-state index in [1.807, 2.05) is 12.2 Å². The fourth-order valence-electron chi connectivity index (χ4n) is 7.04. The average molecular weight is 614 g/mol. The molecule has 1 aromatic carbocycles. The highest BCUT2D eigenvalue weighted by Crippen LogP contribution is 2.59. The summed E-state index contributed by atoms with van der Waals surface area (Å²) >= 11 is 0. The predicted molar refractivity (Wildman–Crippen MR) is 153 cm³/mol. The lowest BCUT2D eigenvalue weighted by Gasteiger charge is -2.55. The lowest BCUT2D eigenvalue weighted by Crippen LogP contribution is -2.68. The highest BCUT2D eigenvalue weighted by atomic mass is 16.5. The number of carboxylic acids is 1. The van der Waals surface area contributed by atoms with Gasteiger partial charge in [-0.1, -0.05) is 6.08 Å². The van der Waals surface area contributed by atoms with E-state index < -0.39 is 82.3 Å². The zero-order valence-electron chi connectivity index (χ0n) is 24.4. The number of hydrogen-bond donors (Lipinski definition) is 8. The number of anilines is 1. The van der Waals surface area contributed by atoms with Crippen LogP contribution in [-0.2, 0) is 32.0 Å². The Labute approximate surface area is 251 Å². The van der Waals surface area contributed by atoms with E-state index in [-0.39, 0.29) is 41.2 Å². The molecule has 2 unspecified atom stereocenters. The number of aliphatic carboxylic acids is 1. The van der Waals surface area contributed by atoms with Gasteiger partial charge in [-0.25, -0.2) is 4.79 Å². The molecule has 13 nitrogen and oxygen atoms in total. The summed E-state index contributed by atoms with van der Waals surface area (Å²) in [6.07, 6.45) is 1.60. The number of hydrogen-bond acceptors (Lipinski definition) is 12. The number of benzene rings is 1. The Bertz CT molecular complexity index is 1600. The Morgan fingerprint density at radius 2 is 1.77 bits per heavy atom. The topological polar surface area (TPSA) is 226 Å². The van der Waals surface area contributed by atoms with Crippen molar-refractivity contribution in [1.82, 2.24) is 0 Å². The second-order valence-corrected chi connectivity index (χ2v) is 12.2. The first-order valence-electron chi connectivity index (χ1n) is 14.0. The number of Topliss-reactive ketones (excluding diaryl/α,β-unsaturated/α-hetero) is 2. The molecule has 0 amide bonds. The molecule has 1 aromatic rings. The normalized spacial score (nSPS) is 31.2. The van der Waals surface area contributed by atoms with Crippen LogP contribution in [0.25, 0.3) is 0 Å². The molecule has 0 aromatic heterocycles. The number of ketones is 2. The highest BCUT2D eigenvalue weighted by Gasteiger charge is 2.69. The van der Waals surface area contributed by atoms with Gasteiger partial charge in [0.05, 0.1) is 12.7 Å². The predicted octanol–water partition coefficient (Wildman–Crippen LogP) is 0.934. The number of nitrogens with zero attached hydrogens (tertiary/aromatic N) is 1. The first-order valence-corrected chi connectivity index (χ1v) is 14.0. The van der Waals surface area contributed by atoms with Crippen molar-refractivity contribution in [3.05, 3.63) is 69.4 Å². The number of carbonyl (C=O) groups excluding carboxylic acids is 2. The number of carboxylic acid groups (broad SMARTS) is 1. The molecule has 4 aliphatic carbocycles. The number of aromatic hydroxyl groups is 1. The minimum atomic E-state index is -3.27. The van der Waals surface area contributed by atoms with Crippen LogP contribution in [0.3, 0.4) is 0 Å². The van der Waals surface area contributed by atoms with E-state index in [2.05, 4.69) is 0 Å². The monoisotopic (exact) mass is 613 g/mol. The number of phenolic OH excluding ortho intramolecular Hbond substituents is 1. The molecule has 5 rings (SSSR count).